The van der Waals surface area contributed by atoms with Crippen molar-refractivity contribution in [2.75, 3.05) is 20.8 Å². The molecule has 200 valence electrons. The number of aromatic hydroxyl groups is 1. The second kappa shape index (κ2) is 11.8. The SMILES string of the molecule is CCCC1=C(C(=O)OCC)[C@H](c2cc(Br)ccc2OC)n2c(s/c(=C/c3cc(Cl)c(O)c(OC)c3)c2=O)=N1. The van der Waals surface area contributed by atoms with Crippen LogP contribution in [0, 0.1) is 0 Å². The number of hydrogen-bond donors (Lipinski definition) is 1. The summed E-state index contributed by atoms with van der Waals surface area (Å²) in [5.74, 6) is -0.0145. The molecule has 8 nitrogen and oxygen atoms in total. The Morgan fingerprint density at radius 3 is 2.61 bits per heavy atom. The fourth-order valence-electron chi connectivity index (χ4n) is 4.32. The molecule has 0 amide bonds. The molecule has 2 aromatic carbocycles. The monoisotopic (exact) mass is 620 g/mol. The number of thiazole rings is 1. The molecular formula is C27H26BrClN2O6S. The van der Waals surface area contributed by atoms with Gasteiger partial charge in [-0.05, 0) is 55.3 Å². The largest absolute Gasteiger partial charge is 0.503 e. The van der Waals surface area contributed by atoms with Gasteiger partial charge in [-0.1, -0.05) is 52.2 Å². The minimum absolute atomic E-state index is 0.0925. The third-order valence-electron chi connectivity index (χ3n) is 5.95. The number of allylic oxidation sites excluding steroid dienone is 1. The Morgan fingerprint density at radius 1 is 1.21 bits per heavy atom. The van der Waals surface area contributed by atoms with E-state index in [1.54, 1.807) is 38.3 Å². The van der Waals surface area contributed by atoms with Crippen LogP contribution in [0.4, 0.5) is 0 Å². The van der Waals surface area contributed by atoms with Crippen molar-refractivity contribution in [3.8, 4) is 17.2 Å². The van der Waals surface area contributed by atoms with Gasteiger partial charge in [-0.3, -0.25) is 9.36 Å². The molecule has 2 heterocycles. The van der Waals surface area contributed by atoms with Crippen molar-refractivity contribution in [2.24, 2.45) is 4.99 Å². The molecule has 1 aliphatic heterocycles. The zero-order chi connectivity index (χ0) is 27.6. The number of esters is 1. The van der Waals surface area contributed by atoms with E-state index < -0.39 is 12.0 Å². The predicted octanol–water partition coefficient (Wildman–Crippen LogP) is 4.72. The summed E-state index contributed by atoms with van der Waals surface area (Å²) in [7, 11) is 2.96. The number of carbonyl (C=O) groups excluding carboxylic acids is 1. The highest BCUT2D eigenvalue weighted by Crippen LogP contribution is 2.38. The Labute approximate surface area is 236 Å². The lowest BCUT2D eigenvalue weighted by Crippen LogP contribution is -2.40. The Morgan fingerprint density at radius 2 is 1.95 bits per heavy atom. The van der Waals surface area contributed by atoms with E-state index in [4.69, 9.17) is 30.8 Å². The Balaban J connectivity index is 2.05. The van der Waals surface area contributed by atoms with Crippen LogP contribution in [-0.4, -0.2) is 36.5 Å². The summed E-state index contributed by atoms with van der Waals surface area (Å²) in [5, 5.41) is 10.2. The predicted molar refractivity (Wildman–Crippen MR) is 150 cm³/mol. The molecule has 0 saturated carbocycles. The summed E-state index contributed by atoms with van der Waals surface area (Å²) in [6, 6.07) is 7.75. The van der Waals surface area contributed by atoms with E-state index in [1.807, 2.05) is 19.1 Å². The Hall–Kier alpha value is -3.08. The summed E-state index contributed by atoms with van der Waals surface area (Å²) < 4.78 is 18.9. The van der Waals surface area contributed by atoms with Gasteiger partial charge in [0.2, 0.25) is 0 Å². The lowest BCUT2D eigenvalue weighted by Gasteiger charge is -2.27. The van der Waals surface area contributed by atoms with Gasteiger partial charge in [-0.25, -0.2) is 9.79 Å². The van der Waals surface area contributed by atoms with Crippen LogP contribution < -0.4 is 24.4 Å². The fourth-order valence-corrected chi connectivity index (χ4v) is 5.94. The molecule has 1 aromatic heterocycles. The van der Waals surface area contributed by atoms with Gasteiger partial charge < -0.3 is 19.3 Å². The average molecular weight is 622 g/mol. The number of ether oxygens (including phenoxy) is 3. The van der Waals surface area contributed by atoms with Crippen LogP contribution in [0.5, 0.6) is 17.2 Å². The number of rotatable bonds is 8. The summed E-state index contributed by atoms with van der Waals surface area (Å²) in [5.41, 5.74) is 1.71. The van der Waals surface area contributed by atoms with E-state index in [1.165, 1.54) is 23.0 Å². The molecule has 4 rings (SSSR count). The molecule has 3 aromatic rings. The Kier molecular flexibility index (Phi) is 8.64. The van der Waals surface area contributed by atoms with Crippen LogP contribution in [0.25, 0.3) is 6.08 Å². The van der Waals surface area contributed by atoms with E-state index in [0.29, 0.717) is 43.9 Å². The van der Waals surface area contributed by atoms with Crippen molar-refractivity contribution >= 4 is 50.9 Å². The van der Waals surface area contributed by atoms with Crippen molar-refractivity contribution in [3.05, 3.63) is 81.9 Å². The van der Waals surface area contributed by atoms with Crippen molar-refractivity contribution in [1.82, 2.24) is 4.57 Å². The lowest BCUT2D eigenvalue weighted by atomic mass is 9.93. The van der Waals surface area contributed by atoms with Gasteiger partial charge in [0.05, 0.1) is 41.7 Å². The number of methoxy groups -OCH3 is 2. The minimum Gasteiger partial charge on any atom is -0.503 e. The normalized spacial score (nSPS) is 15.2. The van der Waals surface area contributed by atoms with Crippen LogP contribution in [0.3, 0.4) is 0 Å². The van der Waals surface area contributed by atoms with Crippen molar-refractivity contribution in [2.45, 2.75) is 32.7 Å². The van der Waals surface area contributed by atoms with Crippen molar-refractivity contribution in [3.63, 3.8) is 0 Å². The number of nitrogens with zero attached hydrogens (tertiary/aromatic N) is 2. The van der Waals surface area contributed by atoms with Crippen LogP contribution in [0.1, 0.15) is 43.9 Å². The first kappa shape index (κ1) is 27.9. The first-order chi connectivity index (χ1) is 18.2. The minimum atomic E-state index is -0.820. The van der Waals surface area contributed by atoms with Gasteiger partial charge >= 0.3 is 5.97 Å². The van der Waals surface area contributed by atoms with E-state index >= 15 is 0 Å². The van der Waals surface area contributed by atoms with Crippen molar-refractivity contribution in [1.29, 1.82) is 0 Å². The summed E-state index contributed by atoms with van der Waals surface area (Å²) in [6.45, 7) is 3.91. The molecule has 0 aliphatic carbocycles. The summed E-state index contributed by atoms with van der Waals surface area (Å²) in [4.78, 5) is 32.5. The number of benzene rings is 2. The van der Waals surface area contributed by atoms with Gasteiger partial charge in [0.1, 0.15) is 11.8 Å². The van der Waals surface area contributed by atoms with Gasteiger partial charge in [-0.15, -0.1) is 0 Å². The zero-order valence-corrected chi connectivity index (χ0v) is 24.4. The van der Waals surface area contributed by atoms with Gasteiger partial charge in [-0.2, -0.15) is 0 Å². The highest BCUT2D eigenvalue weighted by atomic mass is 79.9. The average Bonchev–Trinajstić information content (AvgIpc) is 3.19. The molecule has 1 atom stereocenters. The molecular weight excluding hydrogens is 596 g/mol. The standard InChI is InChI=1S/C27H26BrClN2O6S/c1-5-7-18-22(26(34)37-6-2)23(16-13-15(28)8-9-19(16)35-3)31-25(33)21(38-27(31)30-18)12-14-10-17(29)24(32)20(11-14)36-4/h8-13,23,32H,5-7H2,1-4H3/b21-12+/t23-/m0/s1. The number of aromatic nitrogens is 1. The molecule has 0 spiro atoms. The number of carbonyl (C=O) groups is 1. The lowest BCUT2D eigenvalue weighted by molar-refractivity contribution is -0.139. The number of phenols is 1. The van der Waals surface area contributed by atoms with Crippen LogP contribution in [0.15, 0.2) is 55.9 Å². The van der Waals surface area contributed by atoms with Gasteiger partial charge in [0, 0.05) is 10.0 Å². The first-order valence-electron chi connectivity index (χ1n) is 11.9. The maximum Gasteiger partial charge on any atom is 0.338 e. The quantitative estimate of drug-likeness (QED) is 0.366. The van der Waals surface area contributed by atoms with Crippen molar-refractivity contribution < 1.29 is 24.1 Å². The van der Waals surface area contributed by atoms with Crippen LogP contribution >= 0.6 is 38.9 Å². The summed E-state index contributed by atoms with van der Waals surface area (Å²) in [6.07, 6.45) is 2.92. The molecule has 0 bridgehead atoms. The summed E-state index contributed by atoms with van der Waals surface area (Å²) >= 11 is 10.9. The van der Waals surface area contributed by atoms with E-state index in [-0.39, 0.29) is 28.7 Å². The number of fused-ring (bicyclic) bond motifs is 1. The second-order valence-electron chi connectivity index (χ2n) is 8.35. The van der Waals surface area contributed by atoms with E-state index in [2.05, 4.69) is 15.9 Å². The molecule has 1 aliphatic rings. The topological polar surface area (TPSA) is 99.4 Å². The molecule has 0 fully saturated rings. The molecule has 1 N–H and O–H groups in total. The fraction of sp³-hybridized carbons (Fsp3) is 0.296. The molecule has 0 radical (unpaired) electrons. The highest BCUT2D eigenvalue weighted by Gasteiger charge is 2.36. The molecule has 38 heavy (non-hydrogen) atoms. The molecule has 11 heteroatoms. The maximum absolute atomic E-state index is 13.9. The third-order valence-corrected chi connectivity index (χ3v) is 7.71. The third kappa shape index (κ3) is 5.25. The smallest absolute Gasteiger partial charge is 0.338 e. The van der Waals surface area contributed by atoms with Gasteiger partial charge in [0.25, 0.3) is 5.56 Å². The highest BCUT2D eigenvalue weighted by molar-refractivity contribution is 9.10. The van der Waals surface area contributed by atoms with Gasteiger partial charge in [0.15, 0.2) is 16.3 Å². The molecule has 0 unspecified atom stereocenters. The van der Waals surface area contributed by atoms with Crippen LogP contribution in [-0.2, 0) is 9.53 Å². The number of hydrogen-bond acceptors (Lipinski definition) is 8. The zero-order valence-electron chi connectivity index (χ0n) is 21.2. The van der Waals surface area contributed by atoms with Crippen LogP contribution in [0.2, 0.25) is 5.02 Å². The number of halogens is 2. The Bertz CT molecular complexity index is 1610. The van der Waals surface area contributed by atoms with E-state index in [9.17, 15) is 14.7 Å². The maximum atomic E-state index is 13.9. The number of phenolic OH excluding ortho intramolecular Hbond substituents is 1. The first-order valence-corrected chi connectivity index (χ1v) is 13.8. The molecule has 0 saturated heterocycles. The second-order valence-corrected chi connectivity index (χ2v) is 10.7. The van der Waals surface area contributed by atoms with E-state index in [0.717, 1.165) is 10.9 Å².